The first-order valence-corrected chi connectivity index (χ1v) is 8.56. The van der Waals surface area contributed by atoms with E-state index in [1.165, 1.54) is 0 Å². The fraction of sp³-hybridized carbons (Fsp3) is 0.250. The number of aromatic nitrogens is 5. The average molecular weight is 436 g/mol. The second-order valence-corrected chi connectivity index (χ2v) is 6.84. The van der Waals surface area contributed by atoms with Crippen LogP contribution in [0.3, 0.4) is 0 Å². The number of aromatic amines is 1. The number of carbonyl (C=O) groups is 1. The number of nitrogens with one attached hydrogen (secondary N) is 1. The highest BCUT2D eigenvalue weighted by atomic mass is 127. The molecule has 1 aromatic carbocycles. The van der Waals surface area contributed by atoms with Crippen LogP contribution in [-0.2, 0) is 0 Å². The monoisotopic (exact) mass is 436 g/mol. The lowest BCUT2D eigenvalue weighted by Crippen LogP contribution is -2.32. The van der Waals surface area contributed by atoms with Crippen molar-refractivity contribution in [3.8, 4) is 5.69 Å². The van der Waals surface area contributed by atoms with Gasteiger partial charge in [0.25, 0.3) is 5.91 Å². The third-order valence-corrected chi connectivity index (χ3v) is 4.49. The van der Waals surface area contributed by atoms with Gasteiger partial charge in [0.1, 0.15) is 5.69 Å². The number of benzene rings is 1. The molecule has 124 valence electrons. The van der Waals surface area contributed by atoms with E-state index in [9.17, 15) is 4.79 Å². The van der Waals surface area contributed by atoms with Crippen LogP contribution in [0.25, 0.3) is 5.69 Å². The van der Waals surface area contributed by atoms with Gasteiger partial charge in [0.2, 0.25) is 0 Å². The SMILES string of the molecule is CC(CN(C)C(=O)c1cccn1-c1ccc(I)cc1)c1nn[nH]n1. The van der Waals surface area contributed by atoms with E-state index in [1.54, 1.807) is 11.9 Å². The number of hydrogen-bond acceptors (Lipinski definition) is 4. The number of tetrazole rings is 1. The predicted octanol–water partition coefficient (Wildman–Crippen LogP) is 2.47. The number of carbonyl (C=O) groups excluding carboxylic acids is 1. The van der Waals surface area contributed by atoms with Crippen molar-refractivity contribution in [1.82, 2.24) is 30.1 Å². The van der Waals surface area contributed by atoms with E-state index in [2.05, 4.69) is 43.2 Å². The van der Waals surface area contributed by atoms with Crippen molar-refractivity contribution < 1.29 is 4.79 Å². The summed E-state index contributed by atoms with van der Waals surface area (Å²) in [5.41, 5.74) is 1.59. The molecule has 7 nitrogen and oxygen atoms in total. The number of likely N-dealkylation sites (N-methyl/N-ethyl adjacent to an activating group) is 1. The second-order valence-electron chi connectivity index (χ2n) is 5.60. The summed E-state index contributed by atoms with van der Waals surface area (Å²) in [6.07, 6.45) is 1.89. The number of nitrogens with zero attached hydrogens (tertiary/aromatic N) is 5. The minimum atomic E-state index is -0.0473. The summed E-state index contributed by atoms with van der Waals surface area (Å²) in [7, 11) is 1.78. The number of hydrogen-bond donors (Lipinski definition) is 1. The van der Waals surface area contributed by atoms with Crippen molar-refractivity contribution in [2.24, 2.45) is 0 Å². The third kappa shape index (κ3) is 3.48. The van der Waals surface area contributed by atoms with E-state index in [4.69, 9.17) is 0 Å². The van der Waals surface area contributed by atoms with E-state index in [-0.39, 0.29) is 11.8 Å². The van der Waals surface area contributed by atoms with Crippen LogP contribution in [0.15, 0.2) is 42.6 Å². The Morgan fingerprint density at radius 3 is 2.75 bits per heavy atom. The molecule has 0 bridgehead atoms. The van der Waals surface area contributed by atoms with Gasteiger partial charge in [-0.25, -0.2) is 0 Å². The maximum atomic E-state index is 12.8. The fourth-order valence-electron chi connectivity index (χ4n) is 2.53. The molecule has 1 unspecified atom stereocenters. The highest BCUT2D eigenvalue weighted by Crippen LogP contribution is 2.17. The molecular weight excluding hydrogens is 419 g/mol. The van der Waals surface area contributed by atoms with E-state index >= 15 is 0 Å². The summed E-state index contributed by atoms with van der Waals surface area (Å²) in [6.45, 7) is 2.48. The Hall–Kier alpha value is -2.23. The van der Waals surface area contributed by atoms with Crippen LogP contribution in [-0.4, -0.2) is 49.6 Å². The number of rotatable bonds is 5. The van der Waals surface area contributed by atoms with Crippen LogP contribution in [0.2, 0.25) is 0 Å². The minimum absolute atomic E-state index is 0.000541. The molecule has 0 saturated heterocycles. The lowest BCUT2D eigenvalue weighted by Gasteiger charge is -2.21. The quantitative estimate of drug-likeness (QED) is 0.624. The fourth-order valence-corrected chi connectivity index (χ4v) is 2.89. The van der Waals surface area contributed by atoms with Crippen molar-refractivity contribution in [3.63, 3.8) is 0 Å². The zero-order chi connectivity index (χ0) is 17.1. The number of amides is 1. The molecule has 1 N–H and O–H groups in total. The maximum absolute atomic E-state index is 12.8. The Morgan fingerprint density at radius 2 is 2.08 bits per heavy atom. The van der Waals surface area contributed by atoms with Gasteiger partial charge in [-0.3, -0.25) is 4.79 Å². The Bertz CT molecular complexity index is 811. The zero-order valence-corrected chi connectivity index (χ0v) is 15.5. The summed E-state index contributed by atoms with van der Waals surface area (Å²) < 4.78 is 3.05. The van der Waals surface area contributed by atoms with Gasteiger partial charge in [-0.05, 0) is 59.0 Å². The van der Waals surface area contributed by atoms with E-state index in [0.717, 1.165) is 9.26 Å². The molecular formula is C16H17IN6O. The van der Waals surface area contributed by atoms with Gasteiger partial charge in [0.15, 0.2) is 5.82 Å². The largest absolute Gasteiger partial charge is 0.340 e. The van der Waals surface area contributed by atoms with Gasteiger partial charge in [-0.2, -0.15) is 5.21 Å². The normalized spacial score (nSPS) is 12.1. The molecule has 1 amide bonds. The summed E-state index contributed by atoms with van der Waals surface area (Å²) >= 11 is 2.26. The van der Waals surface area contributed by atoms with Crippen LogP contribution >= 0.6 is 22.6 Å². The van der Waals surface area contributed by atoms with Gasteiger partial charge in [-0.15, -0.1) is 10.2 Å². The summed E-state index contributed by atoms with van der Waals surface area (Å²) in [5, 5.41) is 13.9. The zero-order valence-electron chi connectivity index (χ0n) is 13.3. The van der Waals surface area contributed by atoms with Crippen LogP contribution in [0.4, 0.5) is 0 Å². The van der Waals surface area contributed by atoms with E-state index in [1.807, 2.05) is 54.1 Å². The van der Waals surface area contributed by atoms with Crippen molar-refractivity contribution >= 4 is 28.5 Å². The van der Waals surface area contributed by atoms with Gasteiger partial charge in [0.05, 0.1) is 0 Å². The Morgan fingerprint density at radius 1 is 1.33 bits per heavy atom. The van der Waals surface area contributed by atoms with E-state index in [0.29, 0.717) is 18.1 Å². The molecule has 2 heterocycles. The van der Waals surface area contributed by atoms with Crippen LogP contribution < -0.4 is 0 Å². The van der Waals surface area contributed by atoms with Gasteiger partial charge in [-0.1, -0.05) is 12.1 Å². The molecule has 8 heteroatoms. The average Bonchev–Trinajstić information content (AvgIpc) is 3.26. The molecule has 3 aromatic rings. The molecule has 0 aliphatic rings. The van der Waals surface area contributed by atoms with E-state index < -0.39 is 0 Å². The molecule has 0 aliphatic heterocycles. The molecule has 0 radical (unpaired) electrons. The van der Waals surface area contributed by atoms with Gasteiger partial charge in [0, 0.05) is 35.0 Å². The number of halogens is 1. The molecule has 0 saturated carbocycles. The van der Waals surface area contributed by atoms with Crippen molar-refractivity contribution in [2.75, 3.05) is 13.6 Å². The standard InChI is InChI=1S/C16H17IN6O/c1-11(15-18-20-21-19-15)10-22(2)16(24)14-4-3-9-23(14)13-7-5-12(17)6-8-13/h3-9,11H,10H2,1-2H3,(H,18,19,20,21). The van der Waals surface area contributed by atoms with Crippen LogP contribution in [0.1, 0.15) is 29.2 Å². The summed E-state index contributed by atoms with van der Waals surface area (Å²) in [4.78, 5) is 14.5. The van der Waals surface area contributed by atoms with Gasteiger partial charge >= 0.3 is 0 Å². The molecule has 0 fully saturated rings. The van der Waals surface area contributed by atoms with Gasteiger partial charge < -0.3 is 9.47 Å². The number of H-pyrrole nitrogens is 1. The summed E-state index contributed by atoms with van der Waals surface area (Å²) in [5.74, 6) is 0.552. The smallest absolute Gasteiger partial charge is 0.270 e. The molecule has 3 rings (SSSR count). The third-order valence-electron chi connectivity index (χ3n) is 3.77. The molecule has 1 atom stereocenters. The molecule has 24 heavy (non-hydrogen) atoms. The predicted molar refractivity (Wildman–Crippen MR) is 98.0 cm³/mol. The van der Waals surface area contributed by atoms with Crippen molar-refractivity contribution in [1.29, 1.82) is 0 Å². The maximum Gasteiger partial charge on any atom is 0.270 e. The summed E-state index contributed by atoms with van der Waals surface area (Å²) in [6, 6.07) is 11.7. The molecule has 0 aliphatic carbocycles. The molecule has 2 aromatic heterocycles. The first-order valence-electron chi connectivity index (χ1n) is 7.48. The highest BCUT2D eigenvalue weighted by Gasteiger charge is 2.20. The second kappa shape index (κ2) is 7.12. The lowest BCUT2D eigenvalue weighted by atomic mass is 10.1. The lowest BCUT2D eigenvalue weighted by molar-refractivity contribution is 0.0779. The first kappa shape index (κ1) is 16.6. The Labute approximate surface area is 153 Å². The molecule has 0 spiro atoms. The van der Waals surface area contributed by atoms with Crippen LogP contribution in [0, 0.1) is 3.57 Å². The van der Waals surface area contributed by atoms with Crippen molar-refractivity contribution in [2.45, 2.75) is 12.8 Å². The Kier molecular flexibility index (Phi) is 4.93. The topological polar surface area (TPSA) is 79.7 Å². The van der Waals surface area contributed by atoms with Crippen LogP contribution in [0.5, 0.6) is 0 Å². The Balaban J connectivity index is 1.78. The highest BCUT2D eigenvalue weighted by molar-refractivity contribution is 14.1. The first-order chi connectivity index (χ1) is 11.6. The van der Waals surface area contributed by atoms with Crippen molar-refractivity contribution in [3.05, 3.63) is 57.7 Å². The minimum Gasteiger partial charge on any atom is -0.340 e.